The second-order valence-corrected chi connectivity index (χ2v) is 3.35. The van der Waals surface area contributed by atoms with E-state index < -0.39 is 0 Å². The molecule has 0 aliphatic heterocycles. The summed E-state index contributed by atoms with van der Waals surface area (Å²) < 4.78 is 0. The number of hydrogen-bond donors (Lipinski definition) is 2. The van der Waals surface area contributed by atoms with E-state index >= 15 is 0 Å². The van der Waals surface area contributed by atoms with Crippen molar-refractivity contribution in [3.05, 3.63) is 0 Å². The summed E-state index contributed by atoms with van der Waals surface area (Å²) in [6.07, 6.45) is 4.55. The van der Waals surface area contributed by atoms with Gasteiger partial charge in [0.05, 0.1) is 0 Å². The van der Waals surface area contributed by atoms with Crippen molar-refractivity contribution in [1.29, 1.82) is 0 Å². The molecule has 0 aliphatic rings. The van der Waals surface area contributed by atoms with Gasteiger partial charge in [-0.25, -0.2) is 0 Å². The van der Waals surface area contributed by atoms with Crippen LogP contribution in [-0.4, -0.2) is 18.5 Å². The van der Waals surface area contributed by atoms with Gasteiger partial charge in [0, 0.05) is 12.5 Å². The van der Waals surface area contributed by atoms with Gasteiger partial charge >= 0.3 is 0 Å². The zero-order valence-electron chi connectivity index (χ0n) is 8.81. The Morgan fingerprint density at radius 2 is 2.15 bits per heavy atom. The number of unbranched alkanes of at least 4 members (excludes halogenated alkanes) is 1. The highest BCUT2D eigenvalue weighted by atomic mass is 16.1. The van der Waals surface area contributed by atoms with Crippen molar-refractivity contribution in [3.63, 3.8) is 0 Å². The van der Waals surface area contributed by atoms with E-state index in [2.05, 4.69) is 19.2 Å². The molecule has 78 valence electrons. The summed E-state index contributed by atoms with van der Waals surface area (Å²) >= 11 is 0. The van der Waals surface area contributed by atoms with Crippen LogP contribution < -0.4 is 11.1 Å². The molecule has 13 heavy (non-hydrogen) atoms. The van der Waals surface area contributed by atoms with Crippen LogP contribution in [0.4, 0.5) is 0 Å². The molecule has 3 heteroatoms. The Kier molecular flexibility index (Phi) is 7.69. The number of carbonyl (C=O) groups is 1. The van der Waals surface area contributed by atoms with Crippen LogP contribution in [0.25, 0.3) is 0 Å². The molecule has 0 aromatic heterocycles. The Bertz CT molecular complexity index is 137. The summed E-state index contributed by atoms with van der Waals surface area (Å²) in [5.74, 6) is 0.169. The van der Waals surface area contributed by atoms with Gasteiger partial charge in [0.1, 0.15) is 0 Å². The lowest BCUT2D eigenvalue weighted by molar-refractivity contribution is -0.121. The molecule has 1 unspecified atom stereocenters. The van der Waals surface area contributed by atoms with E-state index in [4.69, 9.17) is 5.73 Å². The molecule has 0 saturated carbocycles. The van der Waals surface area contributed by atoms with Crippen molar-refractivity contribution >= 4 is 5.91 Å². The molecule has 3 nitrogen and oxygen atoms in total. The van der Waals surface area contributed by atoms with Gasteiger partial charge < -0.3 is 11.1 Å². The lowest BCUT2D eigenvalue weighted by Crippen LogP contribution is -2.35. The molecule has 0 bridgehead atoms. The SMILES string of the molecule is CCCCC(=O)NC(CC)CCN. The second-order valence-electron chi connectivity index (χ2n) is 3.35. The van der Waals surface area contributed by atoms with Crippen LogP contribution in [0.3, 0.4) is 0 Å². The minimum Gasteiger partial charge on any atom is -0.353 e. The maximum Gasteiger partial charge on any atom is 0.220 e. The molecule has 0 aromatic rings. The van der Waals surface area contributed by atoms with Gasteiger partial charge in [-0.2, -0.15) is 0 Å². The summed E-state index contributed by atoms with van der Waals surface area (Å²) in [4.78, 5) is 11.3. The minimum atomic E-state index is 0.169. The molecular weight excluding hydrogens is 164 g/mol. The van der Waals surface area contributed by atoms with Gasteiger partial charge in [0.15, 0.2) is 0 Å². The molecule has 0 heterocycles. The fourth-order valence-corrected chi connectivity index (χ4v) is 1.22. The normalized spacial score (nSPS) is 12.5. The molecule has 3 N–H and O–H groups in total. The molecule has 1 atom stereocenters. The monoisotopic (exact) mass is 186 g/mol. The van der Waals surface area contributed by atoms with E-state index in [1.165, 1.54) is 0 Å². The first kappa shape index (κ1) is 12.4. The number of nitrogens with two attached hydrogens (primary N) is 1. The van der Waals surface area contributed by atoms with Crippen LogP contribution in [0.5, 0.6) is 0 Å². The van der Waals surface area contributed by atoms with Gasteiger partial charge in [0.2, 0.25) is 5.91 Å². The van der Waals surface area contributed by atoms with E-state index in [1.807, 2.05) is 0 Å². The van der Waals surface area contributed by atoms with Gasteiger partial charge in [-0.1, -0.05) is 20.3 Å². The van der Waals surface area contributed by atoms with Crippen molar-refractivity contribution in [2.75, 3.05) is 6.54 Å². The third-order valence-electron chi connectivity index (χ3n) is 2.13. The fourth-order valence-electron chi connectivity index (χ4n) is 1.22. The Morgan fingerprint density at radius 1 is 1.46 bits per heavy atom. The quantitative estimate of drug-likeness (QED) is 0.632. The van der Waals surface area contributed by atoms with Crippen LogP contribution >= 0.6 is 0 Å². The molecule has 0 aromatic carbocycles. The standard InChI is InChI=1S/C10H22N2O/c1-3-5-6-10(13)12-9(4-2)7-8-11/h9H,3-8,11H2,1-2H3,(H,12,13). The average Bonchev–Trinajstić information content (AvgIpc) is 2.14. The number of amides is 1. The molecule has 0 aliphatic carbocycles. The molecule has 1 amide bonds. The van der Waals surface area contributed by atoms with Crippen LogP contribution in [-0.2, 0) is 4.79 Å². The number of carbonyl (C=O) groups excluding carboxylic acids is 1. The van der Waals surface area contributed by atoms with Gasteiger partial charge in [-0.15, -0.1) is 0 Å². The van der Waals surface area contributed by atoms with Crippen LogP contribution in [0.2, 0.25) is 0 Å². The average molecular weight is 186 g/mol. The smallest absolute Gasteiger partial charge is 0.220 e. The molecule has 0 spiro atoms. The van der Waals surface area contributed by atoms with E-state index in [-0.39, 0.29) is 11.9 Å². The largest absolute Gasteiger partial charge is 0.353 e. The molecule has 0 fully saturated rings. The third kappa shape index (κ3) is 6.58. The molecular formula is C10H22N2O. The van der Waals surface area contributed by atoms with E-state index in [0.717, 1.165) is 25.7 Å². The Labute approximate surface area is 81.1 Å². The Balaban J connectivity index is 3.60. The van der Waals surface area contributed by atoms with Crippen molar-refractivity contribution in [2.45, 2.75) is 52.0 Å². The summed E-state index contributed by atoms with van der Waals surface area (Å²) in [6.45, 7) is 4.80. The minimum absolute atomic E-state index is 0.169. The summed E-state index contributed by atoms with van der Waals surface area (Å²) in [7, 11) is 0. The third-order valence-corrected chi connectivity index (χ3v) is 2.13. The topological polar surface area (TPSA) is 55.1 Å². The van der Waals surface area contributed by atoms with Crippen molar-refractivity contribution in [1.82, 2.24) is 5.32 Å². The zero-order valence-corrected chi connectivity index (χ0v) is 8.81. The Morgan fingerprint density at radius 3 is 2.62 bits per heavy atom. The van der Waals surface area contributed by atoms with Crippen molar-refractivity contribution < 1.29 is 4.79 Å². The first-order valence-corrected chi connectivity index (χ1v) is 5.24. The highest BCUT2D eigenvalue weighted by molar-refractivity contribution is 5.76. The lowest BCUT2D eigenvalue weighted by atomic mass is 10.1. The van der Waals surface area contributed by atoms with E-state index in [0.29, 0.717) is 13.0 Å². The van der Waals surface area contributed by atoms with Crippen LogP contribution in [0.15, 0.2) is 0 Å². The van der Waals surface area contributed by atoms with Gasteiger partial charge in [-0.05, 0) is 25.8 Å². The fraction of sp³-hybridized carbons (Fsp3) is 0.900. The zero-order chi connectivity index (χ0) is 10.1. The molecule has 0 saturated heterocycles. The number of nitrogens with one attached hydrogen (secondary N) is 1. The summed E-state index contributed by atoms with van der Waals surface area (Å²) in [6, 6.07) is 0.273. The second kappa shape index (κ2) is 8.05. The Hall–Kier alpha value is -0.570. The summed E-state index contributed by atoms with van der Waals surface area (Å²) in [5.41, 5.74) is 5.43. The lowest BCUT2D eigenvalue weighted by Gasteiger charge is -2.15. The van der Waals surface area contributed by atoms with E-state index in [9.17, 15) is 4.79 Å². The molecule has 0 radical (unpaired) electrons. The number of hydrogen-bond acceptors (Lipinski definition) is 2. The molecule has 0 rings (SSSR count). The van der Waals surface area contributed by atoms with Crippen molar-refractivity contribution in [2.24, 2.45) is 5.73 Å². The summed E-state index contributed by atoms with van der Waals surface area (Å²) in [5, 5.41) is 2.98. The van der Waals surface area contributed by atoms with E-state index in [1.54, 1.807) is 0 Å². The van der Waals surface area contributed by atoms with Crippen molar-refractivity contribution in [3.8, 4) is 0 Å². The first-order valence-electron chi connectivity index (χ1n) is 5.24. The highest BCUT2D eigenvalue weighted by Gasteiger charge is 2.08. The van der Waals surface area contributed by atoms with Crippen LogP contribution in [0, 0.1) is 0 Å². The van der Waals surface area contributed by atoms with Gasteiger partial charge in [-0.3, -0.25) is 4.79 Å². The maximum atomic E-state index is 11.3. The van der Waals surface area contributed by atoms with Gasteiger partial charge in [0.25, 0.3) is 0 Å². The van der Waals surface area contributed by atoms with Crippen LogP contribution in [0.1, 0.15) is 46.0 Å². The highest BCUT2D eigenvalue weighted by Crippen LogP contribution is 1.99. The first-order chi connectivity index (χ1) is 6.24. The predicted octanol–water partition coefficient (Wildman–Crippen LogP) is 1.42. The maximum absolute atomic E-state index is 11.3. The number of rotatable bonds is 7. The predicted molar refractivity (Wildman–Crippen MR) is 55.4 cm³/mol.